The van der Waals surface area contributed by atoms with Gasteiger partial charge in [-0.1, -0.05) is 35.9 Å². The van der Waals surface area contributed by atoms with Crippen molar-refractivity contribution in [2.45, 2.75) is 40.3 Å². The Morgan fingerprint density at radius 2 is 1.92 bits per heavy atom. The van der Waals surface area contributed by atoms with Crippen molar-refractivity contribution in [3.05, 3.63) is 76.4 Å². The van der Waals surface area contributed by atoms with E-state index in [1.54, 1.807) is 35.9 Å². The van der Waals surface area contributed by atoms with Crippen molar-refractivity contribution in [3.8, 4) is 16.9 Å². The lowest BCUT2D eigenvalue weighted by Crippen LogP contribution is -2.15. The van der Waals surface area contributed by atoms with Crippen LogP contribution in [-0.4, -0.2) is 38.7 Å². The molecule has 0 saturated heterocycles. The summed E-state index contributed by atoms with van der Waals surface area (Å²) in [6, 6.07) is 14.7. The largest absolute Gasteiger partial charge is 0.486 e. The number of aromatic nitrogens is 4. The molecule has 0 atom stereocenters. The van der Waals surface area contributed by atoms with E-state index in [1.165, 1.54) is 11.3 Å². The number of thiophene rings is 1. The number of hydrogen-bond acceptors (Lipinski definition) is 8. The standard InChI is InChI=1S/C26H27N5O4S/c1-5-34-26(33)23-21(18-11-9-17(4)10-12-18)15-36-25(23)27-24(32)19-7-6-8-20(13-19)35-14-22-28-29-30-31(22)16(2)3/h6-13,15-16H,5,14H2,1-4H3,(H,27,32). The van der Waals surface area contributed by atoms with E-state index in [9.17, 15) is 9.59 Å². The second kappa shape index (κ2) is 11.1. The smallest absolute Gasteiger partial charge is 0.341 e. The minimum absolute atomic E-state index is 0.0971. The first-order chi connectivity index (χ1) is 17.4. The normalized spacial score (nSPS) is 10.9. The molecule has 0 aliphatic carbocycles. The number of anilines is 1. The van der Waals surface area contributed by atoms with Crippen LogP contribution < -0.4 is 10.1 Å². The first kappa shape index (κ1) is 25.1. The molecule has 0 fully saturated rings. The Hall–Kier alpha value is -4.05. The van der Waals surface area contributed by atoms with E-state index in [-0.39, 0.29) is 25.2 Å². The number of amides is 1. The molecule has 10 heteroatoms. The molecule has 4 aromatic rings. The molecule has 2 aromatic carbocycles. The second-order valence-corrected chi connectivity index (χ2v) is 9.22. The molecule has 2 heterocycles. The highest BCUT2D eigenvalue weighted by Gasteiger charge is 2.23. The van der Waals surface area contributed by atoms with Crippen LogP contribution in [-0.2, 0) is 11.3 Å². The summed E-state index contributed by atoms with van der Waals surface area (Å²) in [5.41, 5.74) is 3.43. The molecule has 9 nitrogen and oxygen atoms in total. The van der Waals surface area contributed by atoms with Gasteiger partial charge in [0.2, 0.25) is 0 Å². The molecule has 1 amide bonds. The summed E-state index contributed by atoms with van der Waals surface area (Å²) in [6.45, 7) is 8.09. The van der Waals surface area contributed by atoms with Crippen molar-refractivity contribution in [2.24, 2.45) is 0 Å². The first-order valence-electron chi connectivity index (χ1n) is 11.5. The Kier molecular flexibility index (Phi) is 7.74. The molecule has 0 aliphatic heterocycles. The van der Waals surface area contributed by atoms with E-state index < -0.39 is 5.97 Å². The Labute approximate surface area is 213 Å². The van der Waals surface area contributed by atoms with E-state index in [4.69, 9.17) is 9.47 Å². The zero-order valence-corrected chi connectivity index (χ0v) is 21.3. The number of nitrogens with zero attached hydrogens (tertiary/aromatic N) is 4. The quantitative estimate of drug-likeness (QED) is 0.308. The van der Waals surface area contributed by atoms with Gasteiger partial charge in [-0.2, -0.15) is 0 Å². The van der Waals surface area contributed by atoms with Gasteiger partial charge in [0.25, 0.3) is 5.91 Å². The monoisotopic (exact) mass is 505 g/mol. The second-order valence-electron chi connectivity index (χ2n) is 8.34. The molecule has 36 heavy (non-hydrogen) atoms. The summed E-state index contributed by atoms with van der Waals surface area (Å²) >= 11 is 1.28. The highest BCUT2D eigenvalue weighted by Crippen LogP contribution is 2.36. The average molecular weight is 506 g/mol. The van der Waals surface area contributed by atoms with Gasteiger partial charge in [-0.25, -0.2) is 9.48 Å². The van der Waals surface area contributed by atoms with Gasteiger partial charge in [0.05, 0.1) is 12.6 Å². The van der Waals surface area contributed by atoms with Gasteiger partial charge >= 0.3 is 5.97 Å². The molecule has 0 bridgehead atoms. The molecular formula is C26H27N5O4S. The molecule has 4 rings (SSSR count). The van der Waals surface area contributed by atoms with E-state index in [1.807, 2.05) is 50.4 Å². The van der Waals surface area contributed by atoms with E-state index in [2.05, 4.69) is 20.8 Å². The molecule has 0 unspecified atom stereocenters. The van der Waals surface area contributed by atoms with Crippen LogP contribution in [0.15, 0.2) is 53.9 Å². The first-order valence-corrected chi connectivity index (χ1v) is 12.4. The predicted molar refractivity (Wildman–Crippen MR) is 137 cm³/mol. The number of tetrazole rings is 1. The third-order valence-corrected chi connectivity index (χ3v) is 6.27. The van der Waals surface area contributed by atoms with Gasteiger partial charge in [-0.15, -0.1) is 16.4 Å². The molecule has 186 valence electrons. The summed E-state index contributed by atoms with van der Waals surface area (Å²) in [6.07, 6.45) is 0. The summed E-state index contributed by atoms with van der Waals surface area (Å²) in [4.78, 5) is 25.9. The van der Waals surface area contributed by atoms with Crippen molar-refractivity contribution in [1.29, 1.82) is 0 Å². The van der Waals surface area contributed by atoms with Gasteiger partial charge in [0.15, 0.2) is 5.82 Å². The Morgan fingerprint density at radius 1 is 1.14 bits per heavy atom. The predicted octanol–water partition coefficient (Wildman–Crippen LogP) is 5.30. The van der Waals surface area contributed by atoms with Gasteiger partial charge in [-0.3, -0.25) is 4.79 Å². The molecule has 0 saturated carbocycles. The van der Waals surface area contributed by atoms with Gasteiger partial charge in [-0.05, 0) is 61.9 Å². The van der Waals surface area contributed by atoms with Crippen LogP contribution >= 0.6 is 11.3 Å². The number of benzene rings is 2. The van der Waals surface area contributed by atoms with Crippen LogP contribution in [0, 0.1) is 6.92 Å². The lowest BCUT2D eigenvalue weighted by Gasteiger charge is -2.11. The molecular weight excluding hydrogens is 478 g/mol. The maximum atomic E-state index is 13.1. The summed E-state index contributed by atoms with van der Waals surface area (Å²) in [5, 5.41) is 16.8. The van der Waals surface area contributed by atoms with E-state index >= 15 is 0 Å². The van der Waals surface area contributed by atoms with Gasteiger partial charge < -0.3 is 14.8 Å². The summed E-state index contributed by atoms with van der Waals surface area (Å²) in [7, 11) is 0. The number of rotatable bonds is 9. The zero-order valence-electron chi connectivity index (χ0n) is 20.5. The van der Waals surface area contributed by atoms with Crippen LogP contribution in [0.1, 0.15) is 58.9 Å². The lowest BCUT2D eigenvalue weighted by molar-refractivity contribution is 0.0529. The van der Waals surface area contributed by atoms with Crippen molar-refractivity contribution in [2.75, 3.05) is 11.9 Å². The fraction of sp³-hybridized carbons (Fsp3) is 0.269. The minimum Gasteiger partial charge on any atom is -0.486 e. The number of aryl methyl sites for hydroxylation is 1. The fourth-order valence-corrected chi connectivity index (χ4v) is 4.51. The Morgan fingerprint density at radius 3 is 2.64 bits per heavy atom. The summed E-state index contributed by atoms with van der Waals surface area (Å²) in [5.74, 6) is 0.235. The molecule has 0 spiro atoms. The van der Waals surface area contributed by atoms with Gasteiger partial charge in [0.1, 0.15) is 22.9 Å². The maximum Gasteiger partial charge on any atom is 0.341 e. The van der Waals surface area contributed by atoms with Gasteiger partial charge in [0, 0.05) is 16.5 Å². The van der Waals surface area contributed by atoms with Crippen molar-refractivity contribution in [1.82, 2.24) is 20.2 Å². The maximum absolute atomic E-state index is 13.1. The molecule has 0 radical (unpaired) electrons. The van der Waals surface area contributed by atoms with Crippen molar-refractivity contribution in [3.63, 3.8) is 0 Å². The van der Waals surface area contributed by atoms with Crippen molar-refractivity contribution >= 4 is 28.2 Å². The highest BCUT2D eigenvalue weighted by molar-refractivity contribution is 7.15. The molecule has 2 aromatic heterocycles. The number of ether oxygens (including phenoxy) is 2. The average Bonchev–Trinajstić information content (AvgIpc) is 3.51. The molecule has 1 N–H and O–H groups in total. The van der Waals surface area contributed by atoms with Crippen molar-refractivity contribution < 1.29 is 19.1 Å². The van der Waals surface area contributed by atoms with Crippen LogP contribution in [0.3, 0.4) is 0 Å². The van der Waals surface area contributed by atoms with Crippen LogP contribution in [0.4, 0.5) is 5.00 Å². The number of carbonyl (C=O) groups excluding carboxylic acids is 2. The number of carbonyl (C=O) groups is 2. The number of nitrogens with one attached hydrogen (secondary N) is 1. The zero-order chi connectivity index (χ0) is 25.7. The van der Waals surface area contributed by atoms with Crippen LogP contribution in [0.5, 0.6) is 5.75 Å². The third kappa shape index (κ3) is 5.60. The molecule has 0 aliphatic rings. The topological polar surface area (TPSA) is 108 Å². The Balaban J connectivity index is 1.54. The van der Waals surface area contributed by atoms with Crippen LogP contribution in [0.2, 0.25) is 0 Å². The van der Waals surface area contributed by atoms with E-state index in [0.29, 0.717) is 33.3 Å². The third-order valence-electron chi connectivity index (χ3n) is 5.37. The fourth-order valence-electron chi connectivity index (χ4n) is 3.56. The van der Waals surface area contributed by atoms with Crippen LogP contribution in [0.25, 0.3) is 11.1 Å². The van der Waals surface area contributed by atoms with E-state index in [0.717, 1.165) is 11.1 Å². The highest BCUT2D eigenvalue weighted by atomic mass is 32.1. The SMILES string of the molecule is CCOC(=O)c1c(-c2ccc(C)cc2)csc1NC(=O)c1cccc(OCc2nnnn2C(C)C)c1. The summed E-state index contributed by atoms with van der Waals surface area (Å²) < 4.78 is 12.8. The Bertz CT molecular complexity index is 1360. The number of esters is 1. The minimum atomic E-state index is -0.482. The number of hydrogen-bond donors (Lipinski definition) is 1. The lowest BCUT2D eigenvalue weighted by atomic mass is 10.0.